The van der Waals surface area contributed by atoms with E-state index in [1.807, 2.05) is 12.1 Å². The Morgan fingerprint density at radius 3 is 2.60 bits per heavy atom. The van der Waals surface area contributed by atoms with Crippen LogP contribution in [0.5, 0.6) is 0 Å². The van der Waals surface area contributed by atoms with Crippen molar-refractivity contribution in [2.24, 2.45) is 5.92 Å². The third kappa shape index (κ3) is 2.88. The molecule has 1 N–H and O–H groups in total. The van der Waals surface area contributed by atoms with Crippen LogP contribution < -0.4 is 5.32 Å². The van der Waals surface area contributed by atoms with Gasteiger partial charge in [-0.15, -0.1) is 0 Å². The van der Waals surface area contributed by atoms with Gasteiger partial charge in [-0.05, 0) is 49.8 Å². The molecule has 1 saturated carbocycles. The van der Waals surface area contributed by atoms with Gasteiger partial charge in [0.15, 0.2) is 0 Å². The quantitative estimate of drug-likeness (QED) is 0.910. The maximum atomic E-state index is 5.99. The molecule has 1 aromatic rings. The second kappa shape index (κ2) is 5.67. The third-order valence-corrected chi connectivity index (χ3v) is 5.40. The van der Waals surface area contributed by atoms with Gasteiger partial charge in [-0.3, -0.25) is 4.90 Å². The topological polar surface area (TPSA) is 15.3 Å². The summed E-state index contributed by atoms with van der Waals surface area (Å²) in [5.74, 6) is 0.875. The molecule has 1 heterocycles. The predicted molar refractivity (Wildman–Crippen MR) is 85.1 cm³/mol. The van der Waals surface area contributed by atoms with Crippen LogP contribution in [0.3, 0.4) is 0 Å². The molecule has 0 bridgehead atoms. The summed E-state index contributed by atoms with van der Waals surface area (Å²) in [7, 11) is 0. The van der Waals surface area contributed by atoms with Gasteiger partial charge in [-0.25, -0.2) is 0 Å². The zero-order chi connectivity index (χ0) is 14.2. The molecule has 0 radical (unpaired) electrons. The Kier molecular flexibility index (Phi) is 4.07. The minimum absolute atomic E-state index is 0.325. The largest absolute Gasteiger partial charge is 0.311 e. The molecule has 1 aromatic carbocycles. The number of rotatable bonds is 4. The van der Waals surface area contributed by atoms with Crippen molar-refractivity contribution in [3.05, 3.63) is 34.9 Å². The maximum absolute atomic E-state index is 5.99. The van der Waals surface area contributed by atoms with Crippen molar-refractivity contribution in [1.82, 2.24) is 10.2 Å². The molecule has 2 atom stereocenters. The van der Waals surface area contributed by atoms with Crippen molar-refractivity contribution >= 4 is 11.6 Å². The molecule has 0 aromatic heterocycles. The van der Waals surface area contributed by atoms with Crippen LogP contribution in [-0.2, 0) is 6.54 Å². The summed E-state index contributed by atoms with van der Waals surface area (Å²) in [6.45, 7) is 8.05. The molecule has 1 aliphatic carbocycles. The number of piperazine rings is 1. The summed E-state index contributed by atoms with van der Waals surface area (Å²) in [4.78, 5) is 2.71. The van der Waals surface area contributed by atoms with Gasteiger partial charge in [-0.1, -0.05) is 30.7 Å². The minimum Gasteiger partial charge on any atom is -0.311 e. The summed E-state index contributed by atoms with van der Waals surface area (Å²) < 4.78 is 0. The molecule has 3 rings (SSSR count). The van der Waals surface area contributed by atoms with E-state index in [0.717, 1.165) is 30.6 Å². The van der Waals surface area contributed by atoms with Gasteiger partial charge in [0.2, 0.25) is 0 Å². The molecule has 0 amide bonds. The second-order valence-electron chi connectivity index (χ2n) is 6.62. The highest BCUT2D eigenvalue weighted by molar-refractivity contribution is 6.30. The summed E-state index contributed by atoms with van der Waals surface area (Å²) in [5, 5.41) is 4.57. The first-order valence-electron chi connectivity index (χ1n) is 7.84. The van der Waals surface area contributed by atoms with Crippen LogP contribution in [0, 0.1) is 5.92 Å². The zero-order valence-electron chi connectivity index (χ0n) is 12.5. The van der Waals surface area contributed by atoms with Crippen molar-refractivity contribution in [3.8, 4) is 0 Å². The summed E-state index contributed by atoms with van der Waals surface area (Å²) in [6.07, 6.45) is 4.00. The Morgan fingerprint density at radius 1 is 1.30 bits per heavy atom. The van der Waals surface area contributed by atoms with Crippen molar-refractivity contribution in [3.63, 3.8) is 0 Å². The van der Waals surface area contributed by atoms with Crippen LogP contribution in [0.4, 0.5) is 0 Å². The van der Waals surface area contributed by atoms with Gasteiger partial charge in [0.25, 0.3) is 0 Å². The Hall–Kier alpha value is -0.570. The van der Waals surface area contributed by atoms with Crippen LogP contribution in [0.25, 0.3) is 0 Å². The molecule has 2 nitrogen and oxygen atoms in total. The SMILES string of the molecule is CCC1CN(Cc2ccc(Cl)cc2)C(C)(C2CC2)CN1. The lowest BCUT2D eigenvalue weighted by Crippen LogP contribution is -2.63. The summed E-state index contributed by atoms with van der Waals surface area (Å²) in [6, 6.07) is 8.97. The molecule has 2 unspecified atom stereocenters. The number of halogens is 1. The normalized spacial score (nSPS) is 31.4. The van der Waals surface area contributed by atoms with E-state index >= 15 is 0 Å². The van der Waals surface area contributed by atoms with E-state index in [2.05, 4.69) is 36.2 Å². The fourth-order valence-corrected chi connectivity index (χ4v) is 3.56. The van der Waals surface area contributed by atoms with Gasteiger partial charge >= 0.3 is 0 Å². The lowest BCUT2D eigenvalue weighted by atomic mass is 9.88. The van der Waals surface area contributed by atoms with E-state index in [1.54, 1.807) is 0 Å². The first-order valence-corrected chi connectivity index (χ1v) is 8.22. The van der Waals surface area contributed by atoms with Gasteiger partial charge < -0.3 is 5.32 Å². The van der Waals surface area contributed by atoms with Crippen LogP contribution in [0.1, 0.15) is 38.7 Å². The van der Waals surface area contributed by atoms with E-state index in [0.29, 0.717) is 11.6 Å². The van der Waals surface area contributed by atoms with Crippen molar-refractivity contribution in [1.29, 1.82) is 0 Å². The summed E-state index contributed by atoms with van der Waals surface area (Å²) >= 11 is 5.99. The predicted octanol–water partition coefficient (Wildman–Crippen LogP) is 3.69. The van der Waals surface area contributed by atoms with E-state index < -0.39 is 0 Å². The van der Waals surface area contributed by atoms with Crippen LogP contribution in [-0.4, -0.2) is 29.6 Å². The second-order valence-corrected chi connectivity index (χ2v) is 7.06. The first kappa shape index (κ1) is 14.4. The van der Waals surface area contributed by atoms with E-state index in [9.17, 15) is 0 Å². The lowest BCUT2D eigenvalue weighted by Gasteiger charge is -2.48. The standard InChI is InChI=1S/C17H25ClN2/c1-3-16-11-20(10-13-4-8-15(18)9-5-13)17(2,12-19-16)14-6-7-14/h4-5,8-9,14,16,19H,3,6-7,10-12H2,1-2H3. The van der Waals surface area contributed by atoms with Crippen LogP contribution >= 0.6 is 11.6 Å². The average Bonchev–Trinajstić information content (AvgIpc) is 3.28. The van der Waals surface area contributed by atoms with Gasteiger partial charge in [-0.2, -0.15) is 0 Å². The van der Waals surface area contributed by atoms with Gasteiger partial charge in [0.1, 0.15) is 0 Å². The van der Waals surface area contributed by atoms with Crippen LogP contribution in [0.2, 0.25) is 5.02 Å². The van der Waals surface area contributed by atoms with E-state index in [-0.39, 0.29) is 0 Å². The lowest BCUT2D eigenvalue weighted by molar-refractivity contribution is 0.0270. The number of benzene rings is 1. The van der Waals surface area contributed by atoms with Crippen molar-refractivity contribution < 1.29 is 0 Å². The molecular formula is C17H25ClN2. The Balaban J connectivity index is 1.76. The molecule has 1 aliphatic heterocycles. The monoisotopic (exact) mass is 292 g/mol. The molecule has 2 fully saturated rings. The number of hydrogen-bond acceptors (Lipinski definition) is 2. The molecule has 0 spiro atoms. The Morgan fingerprint density at radius 2 is 2.00 bits per heavy atom. The van der Waals surface area contributed by atoms with Crippen molar-refractivity contribution in [2.45, 2.75) is 51.2 Å². The first-order chi connectivity index (χ1) is 9.61. The molecule has 3 heteroatoms. The summed E-state index contributed by atoms with van der Waals surface area (Å²) in [5.41, 5.74) is 1.70. The molecule has 20 heavy (non-hydrogen) atoms. The number of nitrogens with zero attached hydrogens (tertiary/aromatic N) is 1. The van der Waals surface area contributed by atoms with Crippen LogP contribution in [0.15, 0.2) is 24.3 Å². The smallest absolute Gasteiger partial charge is 0.0406 e. The Labute approximate surface area is 127 Å². The highest BCUT2D eigenvalue weighted by Crippen LogP contribution is 2.44. The maximum Gasteiger partial charge on any atom is 0.0406 e. The van der Waals surface area contributed by atoms with Gasteiger partial charge in [0, 0.05) is 36.2 Å². The van der Waals surface area contributed by atoms with E-state index in [1.165, 1.54) is 24.8 Å². The highest BCUT2D eigenvalue weighted by Gasteiger charge is 2.47. The molecular weight excluding hydrogens is 268 g/mol. The minimum atomic E-state index is 0.325. The number of nitrogens with one attached hydrogen (secondary N) is 1. The third-order valence-electron chi connectivity index (χ3n) is 5.15. The van der Waals surface area contributed by atoms with E-state index in [4.69, 9.17) is 11.6 Å². The van der Waals surface area contributed by atoms with Gasteiger partial charge in [0.05, 0.1) is 0 Å². The van der Waals surface area contributed by atoms with Crippen molar-refractivity contribution in [2.75, 3.05) is 13.1 Å². The highest BCUT2D eigenvalue weighted by atomic mass is 35.5. The molecule has 1 saturated heterocycles. The average molecular weight is 293 g/mol. The molecule has 110 valence electrons. The Bertz CT molecular complexity index is 455. The zero-order valence-corrected chi connectivity index (χ0v) is 13.3. The molecule has 2 aliphatic rings. The fraction of sp³-hybridized carbons (Fsp3) is 0.647. The number of hydrogen-bond donors (Lipinski definition) is 1. The fourth-order valence-electron chi connectivity index (χ4n) is 3.44.